The van der Waals surface area contributed by atoms with Crippen molar-refractivity contribution < 1.29 is 9.47 Å². The van der Waals surface area contributed by atoms with Crippen LogP contribution in [0.1, 0.15) is 31.9 Å². The highest BCUT2D eigenvalue weighted by Crippen LogP contribution is 2.45. The second kappa shape index (κ2) is 11.7. The highest BCUT2D eigenvalue weighted by molar-refractivity contribution is 6.98. The molecule has 0 fully saturated rings. The maximum atomic E-state index is 10.4. The molecule has 4 heteroatoms. The van der Waals surface area contributed by atoms with Crippen molar-refractivity contribution in [2.24, 2.45) is 0 Å². The number of para-hydroxylation sites is 1. The predicted molar refractivity (Wildman–Crippen MR) is 219 cm³/mol. The van der Waals surface area contributed by atoms with Gasteiger partial charge in [0.15, 0.2) is 0 Å². The molecule has 8 aromatic rings. The minimum atomic E-state index is -0.0267. The van der Waals surface area contributed by atoms with Crippen LogP contribution in [-0.2, 0) is 5.41 Å². The third kappa shape index (κ3) is 4.96. The summed E-state index contributed by atoms with van der Waals surface area (Å²) in [7, 11) is 0. The van der Waals surface area contributed by atoms with E-state index >= 15 is 0 Å². The van der Waals surface area contributed by atoms with Gasteiger partial charge in [-0.1, -0.05) is 130 Å². The third-order valence-corrected chi connectivity index (χ3v) is 10.9. The van der Waals surface area contributed by atoms with Crippen molar-refractivity contribution in [1.82, 2.24) is 0 Å². The molecule has 0 aromatic heterocycles. The monoisotopic (exact) mass is 679 g/mol. The Morgan fingerprint density at radius 2 is 1.00 bits per heavy atom. The molecule has 0 saturated heterocycles. The quantitative estimate of drug-likeness (QED) is 0.138. The summed E-state index contributed by atoms with van der Waals surface area (Å²) in [6, 6.07) is 55.8. The lowest BCUT2D eigenvalue weighted by molar-refractivity contribution is 0.463. The molecule has 0 spiro atoms. The fraction of sp³-hybridized carbons (Fsp3) is 0.0816. The summed E-state index contributed by atoms with van der Waals surface area (Å²) in [5.74, 6) is 3.28. The van der Waals surface area contributed by atoms with E-state index in [2.05, 4.69) is 154 Å². The second-order valence-corrected chi connectivity index (χ2v) is 15.2. The summed E-state index contributed by atoms with van der Waals surface area (Å²) in [5, 5.41) is 15.1. The van der Waals surface area contributed by atoms with Gasteiger partial charge in [0.25, 0.3) is 6.71 Å². The van der Waals surface area contributed by atoms with Gasteiger partial charge in [-0.3, -0.25) is 0 Å². The summed E-state index contributed by atoms with van der Waals surface area (Å²) in [5.41, 5.74) is 11.4. The van der Waals surface area contributed by atoms with Crippen LogP contribution in [0.25, 0.3) is 54.9 Å². The van der Waals surface area contributed by atoms with Crippen molar-refractivity contribution in [3.63, 3.8) is 0 Å². The van der Waals surface area contributed by atoms with Crippen molar-refractivity contribution in [2.45, 2.75) is 26.2 Å². The molecule has 0 unspecified atom stereocenters. The first-order chi connectivity index (χ1) is 25.9. The van der Waals surface area contributed by atoms with Crippen molar-refractivity contribution in [2.75, 3.05) is 0 Å². The molecule has 0 bridgehead atoms. The molecule has 0 saturated carbocycles. The van der Waals surface area contributed by atoms with E-state index in [4.69, 9.17) is 9.47 Å². The van der Waals surface area contributed by atoms with Crippen LogP contribution in [0.4, 0.5) is 0 Å². The van der Waals surface area contributed by atoms with Gasteiger partial charge < -0.3 is 9.47 Å². The first kappa shape index (κ1) is 31.2. The molecule has 53 heavy (non-hydrogen) atoms. The first-order valence-electron chi connectivity index (χ1n) is 18.2. The molecular weight excluding hydrogens is 645 g/mol. The second-order valence-electron chi connectivity index (χ2n) is 15.2. The van der Waals surface area contributed by atoms with Crippen LogP contribution >= 0.6 is 0 Å². The maximum absolute atomic E-state index is 10.4. The summed E-state index contributed by atoms with van der Waals surface area (Å²) < 4.78 is 13.5. The van der Waals surface area contributed by atoms with Crippen LogP contribution in [-0.4, -0.2) is 6.71 Å². The Kier molecular flexibility index (Phi) is 6.91. The van der Waals surface area contributed by atoms with E-state index in [0.29, 0.717) is 5.56 Å². The lowest BCUT2D eigenvalue weighted by Gasteiger charge is -2.34. The molecule has 0 N–H and O–H groups in total. The van der Waals surface area contributed by atoms with Crippen molar-refractivity contribution in [3.05, 3.63) is 163 Å². The fourth-order valence-electron chi connectivity index (χ4n) is 8.43. The smallest absolute Gasteiger partial charge is 0.260 e. The van der Waals surface area contributed by atoms with Gasteiger partial charge in [0.2, 0.25) is 0 Å². The Bertz CT molecular complexity index is 2790. The number of nitrogens with zero attached hydrogens (tertiary/aromatic N) is 1. The first-order valence-corrected chi connectivity index (χ1v) is 18.2. The predicted octanol–water partition coefficient (Wildman–Crippen LogP) is 10.9. The van der Waals surface area contributed by atoms with Crippen LogP contribution in [0.15, 0.2) is 152 Å². The highest BCUT2D eigenvalue weighted by atomic mass is 16.5. The van der Waals surface area contributed by atoms with E-state index in [1.807, 2.05) is 24.3 Å². The Morgan fingerprint density at radius 1 is 0.472 bits per heavy atom. The van der Waals surface area contributed by atoms with Gasteiger partial charge in [0.05, 0.1) is 11.6 Å². The zero-order chi connectivity index (χ0) is 35.8. The number of hydrogen-bond donors (Lipinski definition) is 0. The summed E-state index contributed by atoms with van der Waals surface area (Å²) in [6.07, 6.45) is 0. The minimum Gasteiger partial charge on any atom is -0.458 e. The van der Waals surface area contributed by atoms with Crippen LogP contribution < -0.4 is 25.9 Å². The van der Waals surface area contributed by atoms with Gasteiger partial charge in [0, 0.05) is 5.46 Å². The minimum absolute atomic E-state index is 0.0152. The van der Waals surface area contributed by atoms with E-state index in [-0.39, 0.29) is 12.1 Å². The molecule has 3 nitrogen and oxygen atoms in total. The Morgan fingerprint density at radius 3 is 1.64 bits per heavy atom. The average Bonchev–Trinajstić information content (AvgIpc) is 3.19. The molecule has 8 aromatic carbocycles. The van der Waals surface area contributed by atoms with Gasteiger partial charge in [-0.25, -0.2) is 0 Å². The number of hydrogen-bond acceptors (Lipinski definition) is 3. The lowest BCUT2D eigenvalue weighted by Crippen LogP contribution is -2.57. The van der Waals surface area contributed by atoms with Gasteiger partial charge in [0.1, 0.15) is 23.0 Å². The SMILES string of the molecule is CC(C)(C)c1ccc2c(c1)Oc1cc(-c3cc(C#N)cc(-c4c5ccccc5c(-c5ccccc5)c5ccccc45)c3)cc3c1B2c1ccccc1O3. The van der Waals surface area contributed by atoms with E-state index < -0.39 is 0 Å². The molecule has 0 atom stereocenters. The fourth-order valence-corrected chi connectivity index (χ4v) is 8.43. The molecule has 0 amide bonds. The number of rotatable bonds is 3. The summed E-state index contributed by atoms with van der Waals surface area (Å²) in [4.78, 5) is 0. The number of benzene rings is 8. The number of fused-ring (bicyclic) bond motifs is 6. The van der Waals surface area contributed by atoms with E-state index in [9.17, 15) is 5.26 Å². The van der Waals surface area contributed by atoms with E-state index in [1.54, 1.807) is 0 Å². The standard InChI is InChI=1S/C49H34BNO2/c1-49(2,3)35-21-22-41-43(28-35)53-45-27-33(26-44-48(45)50(41)40-19-11-12-20-42(40)52-44)32-23-30(29-51)24-34(25-32)47-38-17-9-7-15-36(38)46(31-13-5-4-6-14-31)37-16-8-10-18-39(37)47/h4-28H,1-3H3. The van der Waals surface area contributed by atoms with Gasteiger partial charge in [-0.2, -0.15) is 5.26 Å². The molecule has 250 valence electrons. The normalized spacial score (nSPS) is 12.7. The van der Waals surface area contributed by atoms with Crippen LogP contribution in [0.3, 0.4) is 0 Å². The molecular formula is C49H34BNO2. The van der Waals surface area contributed by atoms with Gasteiger partial charge in [-0.15, -0.1) is 0 Å². The molecule has 0 aliphatic carbocycles. The van der Waals surface area contributed by atoms with Crippen LogP contribution in [0.2, 0.25) is 0 Å². The van der Waals surface area contributed by atoms with E-state index in [0.717, 1.165) is 72.4 Å². The number of ether oxygens (including phenoxy) is 2. The molecule has 2 aliphatic heterocycles. The molecule has 2 aliphatic rings. The largest absolute Gasteiger partial charge is 0.458 e. The average molecular weight is 680 g/mol. The maximum Gasteiger partial charge on any atom is 0.260 e. The Hall–Kier alpha value is -6.57. The summed E-state index contributed by atoms with van der Waals surface area (Å²) >= 11 is 0. The van der Waals surface area contributed by atoms with Crippen molar-refractivity contribution in [1.29, 1.82) is 5.26 Å². The Balaban J connectivity index is 1.20. The van der Waals surface area contributed by atoms with Crippen molar-refractivity contribution >= 4 is 44.6 Å². The topological polar surface area (TPSA) is 42.2 Å². The van der Waals surface area contributed by atoms with Crippen LogP contribution in [0.5, 0.6) is 23.0 Å². The summed E-state index contributed by atoms with van der Waals surface area (Å²) in [6.45, 7) is 6.67. The van der Waals surface area contributed by atoms with Crippen molar-refractivity contribution in [3.8, 4) is 62.4 Å². The third-order valence-electron chi connectivity index (χ3n) is 10.9. The van der Waals surface area contributed by atoms with Crippen LogP contribution in [0, 0.1) is 11.3 Å². The zero-order valence-electron chi connectivity index (χ0n) is 29.8. The zero-order valence-corrected chi connectivity index (χ0v) is 29.8. The molecule has 10 rings (SSSR count). The Labute approximate surface area is 309 Å². The number of nitriles is 1. The van der Waals surface area contributed by atoms with Gasteiger partial charge in [-0.05, 0) is 119 Å². The van der Waals surface area contributed by atoms with Gasteiger partial charge >= 0.3 is 0 Å². The highest BCUT2D eigenvalue weighted by Gasteiger charge is 2.40. The molecule has 2 heterocycles. The molecule has 0 radical (unpaired) electrons. The van der Waals surface area contributed by atoms with E-state index in [1.165, 1.54) is 27.5 Å². The lowest BCUT2D eigenvalue weighted by atomic mass is 9.34.